The molecule has 0 saturated heterocycles. The average Bonchev–Trinajstić information content (AvgIpc) is 2.52. The zero-order valence-corrected chi connectivity index (χ0v) is 13.4. The normalized spacial score (nSPS) is 10.5. The molecule has 0 aliphatic heterocycles. The molecule has 0 spiro atoms. The third kappa shape index (κ3) is 4.47. The highest BCUT2D eigenvalue weighted by Crippen LogP contribution is 2.25. The molecular weight excluding hydrogens is 326 g/mol. The molecule has 0 fully saturated rings. The first kappa shape index (κ1) is 15.3. The number of ether oxygens (including phenoxy) is 1. The van der Waals surface area contributed by atoms with Gasteiger partial charge in [0.25, 0.3) is 0 Å². The van der Waals surface area contributed by atoms with Gasteiger partial charge in [-0.25, -0.2) is 0 Å². The van der Waals surface area contributed by atoms with Crippen molar-refractivity contribution in [2.45, 2.75) is 13.3 Å². The number of hydrogen-bond acceptors (Lipinski definition) is 2. The van der Waals surface area contributed by atoms with Gasteiger partial charge in [0.1, 0.15) is 12.4 Å². The molecule has 0 aliphatic rings. The van der Waals surface area contributed by atoms with Gasteiger partial charge >= 0.3 is 0 Å². The van der Waals surface area contributed by atoms with Gasteiger partial charge in [0.15, 0.2) is 0 Å². The second-order valence-electron chi connectivity index (χ2n) is 4.46. The van der Waals surface area contributed by atoms with E-state index in [0.29, 0.717) is 0 Å². The number of rotatable bonds is 5. The Morgan fingerprint density at radius 3 is 2.62 bits per heavy atom. The van der Waals surface area contributed by atoms with Gasteiger partial charge in [-0.2, -0.15) is 0 Å². The molecule has 0 N–H and O–H groups in total. The van der Waals surface area contributed by atoms with Crippen molar-refractivity contribution in [2.75, 3.05) is 6.61 Å². The van der Waals surface area contributed by atoms with Crippen LogP contribution in [0, 0.1) is 12.3 Å². The molecule has 0 saturated carbocycles. The third-order valence-electron chi connectivity index (χ3n) is 2.97. The molecule has 3 heteroatoms. The van der Waals surface area contributed by atoms with E-state index in [0.717, 1.165) is 27.9 Å². The molecule has 0 amide bonds. The predicted molar refractivity (Wildman–Crippen MR) is 91.5 cm³/mol. The van der Waals surface area contributed by atoms with Crippen LogP contribution in [-0.2, 0) is 6.42 Å². The molecule has 0 radical (unpaired) electrons. The maximum Gasteiger partial charge on any atom is 0.148 e. The standard InChI is InChI=1S/C18H16BrNO/c1-3-11-21-18-10-7-15(12-17(18)19)13-20-16-8-5-14(4-2)6-9-16/h1,5-10,12-13H,4,11H2,2H3. The van der Waals surface area contributed by atoms with Crippen molar-refractivity contribution < 1.29 is 4.74 Å². The van der Waals surface area contributed by atoms with E-state index in [2.05, 4.69) is 45.9 Å². The molecule has 0 bridgehead atoms. The van der Waals surface area contributed by atoms with Gasteiger partial charge in [0, 0.05) is 6.21 Å². The van der Waals surface area contributed by atoms with Crippen LogP contribution in [-0.4, -0.2) is 12.8 Å². The van der Waals surface area contributed by atoms with E-state index in [1.165, 1.54) is 5.56 Å². The van der Waals surface area contributed by atoms with E-state index in [1.807, 2.05) is 36.5 Å². The van der Waals surface area contributed by atoms with Crippen LogP contribution < -0.4 is 4.74 Å². The van der Waals surface area contributed by atoms with Crippen LogP contribution in [0.25, 0.3) is 0 Å². The Balaban J connectivity index is 2.10. The van der Waals surface area contributed by atoms with Crippen LogP contribution in [0.4, 0.5) is 5.69 Å². The van der Waals surface area contributed by atoms with Gasteiger partial charge in [-0.15, -0.1) is 6.42 Å². The van der Waals surface area contributed by atoms with Crippen molar-refractivity contribution >= 4 is 27.8 Å². The Bertz CT molecular complexity index is 669. The van der Waals surface area contributed by atoms with E-state index in [4.69, 9.17) is 11.2 Å². The molecule has 21 heavy (non-hydrogen) atoms. The fourth-order valence-electron chi connectivity index (χ4n) is 1.80. The van der Waals surface area contributed by atoms with Crippen LogP contribution in [0.15, 0.2) is 51.9 Å². The minimum Gasteiger partial charge on any atom is -0.480 e. The first-order valence-electron chi connectivity index (χ1n) is 6.71. The summed E-state index contributed by atoms with van der Waals surface area (Å²) in [6.07, 6.45) is 8.05. The molecule has 0 aliphatic carbocycles. The predicted octanol–water partition coefficient (Wildman–Crippen LogP) is 4.77. The topological polar surface area (TPSA) is 21.6 Å². The molecule has 2 nitrogen and oxygen atoms in total. The Morgan fingerprint density at radius 2 is 2.00 bits per heavy atom. The van der Waals surface area contributed by atoms with Crippen molar-refractivity contribution in [2.24, 2.45) is 4.99 Å². The first-order valence-corrected chi connectivity index (χ1v) is 7.51. The van der Waals surface area contributed by atoms with Crippen LogP contribution >= 0.6 is 15.9 Å². The second kappa shape index (κ2) is 7.66. The molecular formula is C18H16BrNO. The Kier molecular flexibility index (Phi) is 5.59. The van der Waals surface area contributed by atoms with Gasteiger partial charge in [-0.3, -0.25) is 4.99 Å². The highest BCUT2D eigenvalue weighted by molar-refractivity contribution is 9.10. The van der Waals surface area contributed by atoms with Crippen LogP contribution in [0.5, 0.6) is 5.75 Å². The number of terminal acetylenes is 1. The highest BCUT2D eigenvalue weighted by atomic mass is 79.9. The highest BCUT2D eigenvalue weighted by Gasteiger charge is 2.01. The quantitative estimate of drug-likeness (QED) is 0.566. The van der Waals surface area contributed by atoms with Crippen LogP contribution in [0.3, 0.4) is 0 Å². The minimum atomic E-state index is 0.260. The molecule has 0 heterocycles. The number of aryl methyl sites for hydroxylation is 1. The van der Waals surface area contributed by atoms with Gasteiger partial charge in [0.05, 0.1) is 10.2 Å². The largest absolute Gasteiger partial charge is 0.480 e. The molecule has 106 valence electrons. The zero-order valence-electron chi connectivity index (χ0n) is 11.8. The van der Waals surface area contributed by atoms with E-state index in [1.54, 1.807) is 0 Å². The fourth-order valence-corrected chi connectivity index (χ4v) is 2.31. The van der Waals surface area contributed by atoms with E-state index >= 15 is 0 Å². The monoisotopic (exact) mass is 341 g/mol. The molecule has 2 rings (SSSR count). The number of aliphatic imine (C=N–C) groups is 1. The first-order chi connectivity index (χ1) is 10.2. The van der Waals surface area contributed by atoms with E-state index in [9.17, 15) is 0 Å². The molecule has 0 unspecified atom stereocenters. The van der Waals surface area contributed by atoms with Crippen LogP contribution in [0.2, 0.25) is 0 Å². The maximum atomic E-state index is 5.40. The maximum absolute atomic E-state index is 5.40. The Morgan fingerprint density at radius 1 is 1.24 bits per heavy atom. The summed E-state index contributed by atoms with van der Waals surface area (Å²) in [5, 5.41) is 0. The van der Waals surface area contributed by atoms with Crippen LogP contribution in [0.1, 0.15) is 18.1 Å². The lowest BCUT2D eigenvalue weighted by Gasteiger charge is -2.05. The van der Waals surface area contributed by atoms with Gasteiger partial charge in [-0.1, -0.05) is 25.0 Å². The summed E-state index contributed by atoms with van der Waals surface area (Å²) in [5.74, 6) is 3.18. The molecule has 2 aromatic carbocycles. The fraction of sp³-hybridized carbons (Fsp3) is 0.167. The minimum absolute atomic E-state index is 0.260. The van der Waals surface area contributed by atoms with Crippen molar-refractivity contribution in [3.63, 3.8) is 0 Å². The van der Waals surface area contributed by atoms with Gasteiger partial charge < -0.3 is 4.74 Å². The SMILES string of the molecule is C#CCOc1ccc(C=Nc2ccc(CC)cc2)cc1Br. The molecule has 0 aromatic heterocycles. The Labute approximate surface area is 134 Å². The summed E-state index contributed by atoms with van der Waals surface area (Å²) in [4.78, 5) is 4.47. The lowest BCUT2D eigenvalue weighted by molar-refractivity contribution is 0.368. The molecule has 2 aromatic rings. The second-order valence-corrected chi connectivity index (χ2v) is 5.32. The van der Waals surface area contributed by atoms with Crippen molar-refractivity contribution in [3.8, 4) is 18.1 Å². The lowest BCUT2D eigenvalue weighted by Crippen LogP contribution is -1.94. The zero-order chi connectivity index (χ0) is 15.1. The summed E-state index contributed by atoms with van der Waals surface area (Å²) in [6, 6.07) is 14.0. The smallest absolute Gasteiger partial charge is 0.148 e. The summed E-state index contributed by atoms with van der Waals surface area (Å²) < 4.78 is 6.27. The average molecular weight is 342 g/mol. The van der Waals surface area contributed by atoms with Crippen molar-refractivity contribution in [3.05, 3.63) is 58.1 Å². The van der Waals surface area contributed by atoms with Gasteiger partial charge in [-0.05, 0) is 63.8 Å². The number of nitrogens with zero attached hydrogens (tertiary/aromatic N) is 1. The molecule has 0 atom stereocenters. The number of hydrogen-bond donors (Lipinski definition) is 0. The third-order valence-corrected chi connectivity index (χ3v) is 3.59. The summed E-state index contributed by atoms with van der Waals surface area (Å²) in [7, 11) is 0. The summed E-state index contributed by atoms with van der Waals surface area (Å²) >= 11 is 3.47. The van der Waals surface area contributed by atoms with Crippen molar-refractivity contribution in [1.29, 1.82) is 0 Å². The Hall–Kier alpha value is -2.05. The van der Waals surface area contributed by atoms with E-state index in [-0.39, 0.29) is 6.61 Å². The number of halogens is 1. The van der Waals surface area contributed by atoms with Gasteiger partial charge in [0.2, 0.25) is 0 Å². The summed E-state index contributed by atoms with van der Waals surface area (Å²) in [5.41, 5.74) is 3.25. The lowest BCUT2D eigenvalue weighted by atomic mass is 10.1. The van der Waals surface area contributed by atoms with E-state index < -0.39 is 0 Å². The number of benzene rings is 2. The van der Waals surface area contributed by atoms with Crippen molar-refractivity contribution in [1.82, 2.24) is 0 Å². The summed E-state index contributed by atoms with van der Waals surface area (Å²) in [6.45, 7) is 2.40.